The highest BCUT2D eigenvalue weighted by atomic mass is 32.1. The fourth-order valence-corrected chi connectivity index (χ4v) is 3.80. The normalized spacial score (nSPS) is 19.1. The summed E-state index contributed by atoms with van der Waals surface area (Å²) in [5.41, 5.74) is 7.34. The Balaban J connectivity index is 2.28. The van der Waals surface area contributed by atoms with Gasteiger partial charge >= 0.3 is 5.97 Å². The molecular weight excluding hydrogens is 258 g/mol. The topological polar surface area (TPSA) is 52.3 Å². The smallest absolute Gasteiger partial charge is 0.341 e. The van der Waals surface area contributed by atoms with Gasteiger partial charge in [0.05, 0.1) is 5.56 Å². The Morgan fingerprint density at radius 1 is 1.47 bits per heavy atom. The molecule has 106 valence electrons. The molecule has 1 aliphatic rings. The van der Waals surface area contributed by atoms with Gasteiger partial charge in [-0.15, -0.1) is 11.3 Å². The zero-order chi connectivity index (χ0) is 14.2. The Bertz CT molecular complexity index is 485. The second kappa shape index (κ2) is 5.16. The Labute approximate surface area is 119 Å². The van der Waals surface area contributed by atoms with Crippen LogP contribution in [0.1, 0.15) is 61.3 Å². The SMILES string of the molecule is CCC1CCc2c(sc(N)c2C(=O)OC(C)(C)C)C1. The molecule has 0 radical (unpaired) electrons. The first-order valence-electron chi connectivity index (χ1n) is 6.95. The van der Waals surface area contributed by atoms with E-state index in [9.17, 15) is 4.79 Å². The number of nitrogens with two attached hydrogens (primary N) is 1. The summed E-state index contributed by atoms with van der Waals surface area (Å²) < 4.78 is 5.47. The standard InChI is InChI=1S/C15H23NO2S/c1-5-9-6-7-10-11(8-9)19-13(16)12(10)14(17)18-15(2,3)4/h9H,5-8,16H2,1-4H3. The average molecular weight is 281 g/mol. The molecule has 0 saturated carbocycles. The molecule has 1 unspecified atom stereocenters. The third-order valence-electron chi connectivity index (χ3n) is 3.57. The lowest BCUT2D eigenvalue weighted by Gasteiger charge is -2.23. The highest BCUT2D eigenvalue weighted by Gasteiger charge is 2.29. The fraction of sp³-hybridized carbons (Fsp3) is 0.667. The molecule has 19 heavy (non-hydrogen) atoms. The molecule has 4 heteroatoms. The lowest BCUT2D eigenvalue weighted by atomic mass is 9.85. The number of carbonyl (C=O) groups is 1. The molecule has 1 atom stereocenters. The minimum atomic E-state index is -0.473. The molecule has 0 aliphatic heterocycles. The van der Waals surface area contributed by atoms with Crippen molar-refractivity contribution in [2.75, 3.05) is 5.73 Å². The first kappa shape index (κ1) is 14.4. The highest BCUT2D eigenvalue weighted by molar-refractivity contribution is 7.16. The van der Waals surface area contributed by atoms with E-state index in [1.54, 1.807) is 11.3 Å². The van der Waals surface area contributed by atoms with Crippen LogP contribution in [0.4, 0.5) is 5.00 Å². The van der Waals surface area contributed by atoms with E-state index < -0.39 is 5.60 Å². The largest absolute Gasteiger partial charge is 0.456 e. The molecular formula is C15H23NO2S. The monoisotopic (exact) mass is 281 g/mol. The molecule has 2 N–H and O–H groups in total. The molecule has 0 fully saturated rings. The van der Waals surface area contributed by atoms with Gasteiger partial charge < -0.3 is 10.5 Å². The van der Waals surface area contributed by atoms with Gasteiger partial charge in [-0.3, -0.25) is 0 Å². The van der Waals surface area contributed by atoms with Gasteiger partial charge in [-0.05, 0) is 51.5 Å². The molecule has 0 spiro atoms. The van der Waals surface area contributed by atoms with Crippen LogP contribution in [0.25, 0.3) is 0 Å². The van der Waals surface area contributed by atoms with Crippen LogP contribution in [-0.4, -0.2) is 11.6 Å². The van der Waals surface area contributed by atoms with Crippen molar-refractivity contribution in [3.63, 3.8) is 0 Å². The summed E-state index contributed by atoms with van der Waals surface area (Å²) in [7, 11) is 0. The van der Waals surface area contributed by atoms with Crippen molar-refractivity contribution in [2.24, 2.45) is 5.92 Å². The Hall–Kier alpha value is -1.03. The predicted molar refractivity (Wildman–Crippen MR) is 79.7 cm³/mol. The van der Waals surface area contributed by atoms with Crippen LogP contribution in [0.5, 0.6) is 0 Å². The number of carbonyl (C=O) groups excluding carboxylic acids is 1. The predicted octanol–water partition coefficient (Wildman–Crippen LogP) is 3.80. The van der Waals surface area contributed by atoms with Crippen molar-refractivity contribution in [2.45, 2.75) is 59.0 Å². The summed E-state index contributed by atoms with van der Waals surface area (Å²) in [6, 6.07) is 0. The summed E-state index contributed by atoms with van der Waals surface area (Å²) in [6.45, 7) is 7.87. The molecule has 0 aromatic carbocycles. The first-order chi connectivity index (χ1) is 8.81. The van der Waals surface area contributed by atoms with E-state index in [4.69, 9.17) is 10.5 Å². The second-order valence-corrected chi connectivity index (χ2v) is 7.40. The van der Waals surface area contributed by atoms with Gasteiger partial charge in [0.25, 0.3) is 0 Å². The van der Waals surface area contributed by atoms with Gasteiger partial charge in [-0.2, -0.15) is 0 Å². The van der Waals surface area contributed by atoms with E-state index in [1.165, 1.54) is 11.3 Å². The second-order valence-electron chi connectivity index (χ2n) is 6.26. The summed E-state index contributed by atoms with van der Waals surface area (Å²) in [6.07, 6.45) is 4.36. The molecule has 1 aromatic rings. The van der Waals surface area contributed by atoms with Crippen molar-refractivity contribution in [1.82, 2.24) is 0 Å². The Morgan fingerprint density at radius 3 is 2.74 bits per heavy atom. The van der Waals surface area contributed by atoms with E-state index in [-0.39, 0.29) is 5.97 Å². The average Bonchev–Trinajstić information content (AvgIpc) is 2.61. The number of esters is 1. The number of nitrogen functional groups attached to an aromatic ring is 1. The minimum absolute atomic E-state index is 0.266. The quantitative estimate of drug-likeness (QED) is 0.839. The number of anilines is 1. The maximum atomic E-state index is 12.3. The van der Waals surface area contributed by atoms with Crippen LogP contribution >= 0.6 is 11.3 Å². The molecule has 0 saturated heterocycles. The highest BCUT2D eigenvalue weighted by Crippen LogP contribution is 2.39. The Kier molecular flexibility index (Phi) is 3.90. The van der Waals surface area contributed by atoms with E-state index >= 15 is 0 Å². The summed E-state index contributed by atoms with van der Waals surface area (Å²) in [5.74, 6) is 0.467. The summed E-state index contributed by atoms with van der Waals surface area (Å²) >= 11 is 1.57. The van der Waals surface area contributed by atoms with Crippen molar-refractivity contribution < 1.29 is 9.53 Å². The third-order valence-corrected chi connectivity index (χ3v) is 4.66. The van der Waals surface area contributed by atoms with Gasteiger partial charge in [-0.25, -0.2) is 4.79 Å². The van der Waals surface area contributed by atoms with Crippen molar-refractivity contribution in [1.29, 1.82) is 0 Å². The van der Waals surface area contributed by atoms with Crippen LogP contribution in [0.2, 0.25) is 0 Å². The maximum absolute atomic E-state index is 12.3. The lowest BCUT2D eigenvalue weighted by molar-refractivity contribution is 0.00698. The first-order valence-corrected chi connectivity index (χ1v) is 7.76. The molecule has 0 amide bonds. The maximum Gasteiger partial charge on any atom is 0.341 e. The van der Waals surface area contributed by atoms with Crippen LogP contribution in [0.3, 0.4) is 0 Å². The summed E-state index contributed by atoms with van der Waals surface area (Å²) in [4.78, 5) is 13.6. The Morgan fingerprint density at radius 2 is 2.16 bits per heavy atom. The number of rotatable bonds is 2. The third kappa shape index (κ3) is 3.11. The van der Waals surface area contributed by atoms with Gasteiger partial charge in [0.15, 0.2) is 0 Å². The van der Waals surface area contributed by atoms with E-state index in [2.05, 4.69) is 6.92 Å². The van der Waals surface area contributed by atoms with Crippen molar-refractivity contribution >= 4 is 22.3 Å². The van der Waals surface area contributed by atoms with E-state index in [0.29, 0.717) is 10.6 Å². The van der Waals surface area contributed by atoms with Gasteiger partial charge in [0.2, 0.25) is 0 Å². The van der Waals surface area contributed by atoms with E-state index in [0.717, 1.165) is 30.7 Å². The summed E-state index contributed by atoms with van der Waals surface area (Å²) in [5, 5.41) is 0.621. The molecule has 1 aliphatic carbocycles. The molecule has 2 rings (SSSR count). The fourth-order valence-electron chi connectivity index (χ4n) is 2.58. The number of hydrogen-bond acceptors (Lipinski definition) is 4. The van der Waals surface area contributed by atoms with Gasteiger partial charge in [-0.1, -0.05) is 13.3 Å². The van der Waals surface area contributed by atoms with Crippen molar-refractivity contribution in [3.05, 3.63) is 16.0 Å². The molecule has 1 aromatic heterocycles. The van der Waals surface area contributed by atoms with Crippen LogP contribution in [-0.2, 0) is 17.6 Å². The van der Waals surface area contributed by atoms with Crippen LogP contribution < -0.4 is 5.73 Å². The number of fused-ring (bicyclic) bond motifs is 1. The minimum Gasteiger partial charge on any atom is -0.456 e. The molecule has 1 heterocycles. The van der Waals surface area contributed by atoms with Gasteiger partial charge in [0.1, 0.15) is 10.6 Å². The number of ether oxygens (including phenoxy) is 1. The number of thiophene rings is 1. The zero-order valence-electron chi connectivity index (χ0n) is 12.2. The van der Waals surface area contributed by atoms with Gasteiger partial charge in [0, 0.05) is 4.88 Å². The molecule has 3 nitrogen and oxygen atoms in total. The van der Waals surface area contributed by atoms with E-state index in [1.807, 2.05) is 20.8 Å². The van der Waals surface area contributed by atoms with Crippen molar-refractivity contribution in [3.8, 4) is 0 Å². The lowest BCUT2D eigenvalue weighted by Crippen LogP contribution is -2.25. The van der Waals surface area contributed by atoms with Crippen LogP contribution in [0, 0.1) is 5.92 Å². The zero-order valence-corrected chi connectivity index (χ0v) is 13.0. The number of hydrogen-bond donors (Lipinski definition) is 1. The van der Waals surface area contributed by atoms with Crippen LogP contribution in [0.15, 0.2) is 0 Å². The molecule has 0 bridgehead atoms.